The average Bonchev–Trinajstić information content (AvgIpc) is 2.41. The maximum absolute atomic E-state index is 11.7. The summed E-state index contributed by atoms with van der Waals surface area (Å²) < 4.78 is 0. The third kappa shape index (κ3) is 5.11. The fraction of sp³-hybridized carbons (Fsp3) is 0.562. The van der Waals surface area contributed by atoms with Crippen LogP contribution in [0.4, 0.5) is 11.4 Å². The standard InChI is InChI=1S/C16H27N3O/c1-4-6-7-8-12(3)19-15-10-9-13(11-14(15)17)16(20)18-5-2/h9-12,19H,4-8,17H2,1-3H3,(H,18,20). The minimum Gasteiger partial charge on any atom is -0.397 e. The van der Waals surface area contributed by atoms with Crippen molar-refractivity contribution >= 4 is 17.3 Å². The fourth-order valence-corrected chi connectivity index (χ4v) is 2.14. The molecule has 4 heteroatoms. The van der Waals surface area contributed by atoms with Crippen LogP contribution in [0.15, 0.2) is 18.2 Å². The summed E-state index contributed by atoms with van der Waals surface area (Å²) in [7, 11) is 0. The molecule has 0 radical (unpaired) electrons. The Balaban J connectivity index is 2.61. The van der Waals surface area contributed by atoms with Gasteiger partial charge in [0.25, 0.3) is 5.91 Å². The van der Waals surface area contributed by atoms with Crippen molar-refractivity contribution in [2.75, 3.05) is 17.6 Å². The second-order valence-electron chi connectivity index (χ2n) is 5.20. The van der Waals surface area contributed by atoms with Crippen LogP contribution in [-0.2, 0) is 0 Å². The second kappa shape index (κ2) is 8.46. The summed E-state index contributed by atoms with van der Waals surface area (Å²) in [5.41, 5.74) is 8.15. The van der Waals surface area contributed by atoms with Gasteiger partial charge in [0.1, 0.15) is 0 Å². The maximum atomic E-state index is 11.7. The molecule has 112 valence electrons. The van der Waals surface area contributed by atoms with E-state index in [0.29, 0.717) is 23.8 Å². The van der Waals surface area contributed by atoms with E-state index in [0.717, 1.165) is 12.1 Å². The highest BCUT2D eigenvalue weighted by Crippen LogP contribution is 2.21. The Morgan fingerprint density at radius 1 is 1.30 bits per heavy atom. The number of nitrogens with two attached hydrogens (primary N) is 1. The highest BCUT2D eigenvalue weighted by Gasteiger charge is 2.09. The molecule has 0 heterocycles. The summed E-state index contributed by atoms with van der Waals surface area (Å²) in [5.74, 6) is -0.0817. The zero-order chi connectivity index (χ0) is 15.0. The number of rotatable bonds is 8. The van der Waals surface area contributed by atoms with Crippen molar-refractivity contribution in [1.82, 2.24) is 5.32 Å². The van der Waals surface area contributed by atoms with Crippen LogP contribution in [0.3, 0.4) is 0 Å². The van der Waals surface area contributed by atoms with Crippen LogP contribution in [0.1, 0.15) is 56.8 Å². The molecule has 1 aromatic carbocycles. The summed E-state index contributed by atoms with van der Waals surface area (Å²) in [6, 6.07) is 5.81. The molecule has 1 unspecified atom stereocenters. The summed E-state index contributed by atoms with van der Waals surface area (Å²) in [4.78, 5) is 11.7. The van der Waals surface area contributed by atoms with E-state index in [1.54, 1.807) is 6.07 Å². The molecule has 0 aliphatic heterocycles. The van der Waals surface area contributed by atoms with Crippen molar-refractivity contribution in [2.45, 2.75) is 52.5 Å². The van der Waals surface area contributed by atoms with E-state index in [1.807, 2.05) is 19.1 Å². The molecular formula is C16H27N3O. The first kappa shape index (κ1) is 16.3. The molecule has 1 atom stereocenters. The van der Waals surface area contributed by atoms with E-state index < -0.39 is 0 Å². The fourth-order valence-electron chi connectivity index (χ4n) is 2.14. The molecule has 0 spiro atoms. The predicted octanol–water partition coefficient (Wildman–Crippen LogP) is 3.40. The lowest BCUT2D eigenvalue weighted by Gasteiger charge is -2.17. The van der Waals surface area contributed by atoms with E-state index in [9.17, 15) is 4.79 Å². The number of hydrogen-bond acceptors (Lipinski definition) is 3. The number of unbranched alkanes of at least 4 members (excludes halogenated alkanes) is 2. The van der Waals surface area contributed by atoms with Gasteiger partial charge < -0.3 is 16.4 Å². The smallest absolute Gasteiger partial charge is 0.251 e. The monoisotopic (exact) mass is 277 g/mol. The average molecular weight is 277 g/mol. The Kier molecular flexibility index (Phi) is 6.91. The molecule has 0 saturated carbocycles. The zero-order valence-electron chi connectivity index (χ0n) is 12.8. The summed E-state index contributed by atoms with van der Waals surface area (Å²) >= 11 is 0. The Labute approximate surface area is 122 Å². The molecule has 4 nitrogen and oxygen atoms in total. The number of hydrogen-bond donors (Lipinski definition) is 3. The van der Waals surface area contributed by atoms with Crippen molar-refractivity contribution < 1.29 is 4.79 Å². The van der Waals surface area contributed by atoms with Crippen LogP contribution in [-0.4, -0.2) is 18.5 Å². The molecule has 0 aliphatic carbocycles. The summed E-state index contributed by atoms with van der Waals surface area (Å²) in [5, 5.41) is 6.18. The number of nitrogen functional groups attached to an aromatic ring is 1. The number of anilines is 2. The van der Waals surface area contributed by atoms with Crippen molar-refractivity contribution in [3.05, 3.63) is 23.8 Å². The van der Waals surface area contributed by atoms with E-state index >= 15 is 0 Å². The molecule has 20 heavy (non-hydrogen) atoms. The van der Waals surface area contributed by atoms with Crippen LogP contribution in [0.2, 0.25) is 0 Å². The SMILES string of the molecule is CCCCCC(C)Nc1ccc(C(=O)NCC)cc1N. The van der Waals surface area contributed by atoms with E-state index in [1.165, 1.54) is 19.3 Å². The van der Waals surface area contributed by atoms with Gasteiger partial charge >= 0.3 is 0 Å². The molecule has 0 fully saturated rings. The van der Waals surface area contributed by atoms with E-state index in [-0.39, 0.29) is 5.91 Å². The summed E-state index contributed by atoms with van der Waals surface area (Å²) in [6.45, 7) is 6.88. The summed E-state index contributed by atoms with van der Waals surface area (Å²) in [6.07, 6.45) is 4.85. The van der Waals surface area contributed by atoms with Gasteiger partial charge in [0.15, 0.2) is 0 Å². The molecule has 0 saturated heterocycles. The largest absolute Gasteiger partial charge is 0.397 e. The van der Waals surface area contributed by atoms with Gasteiger partial charge in [0, 0.05) is 18.2 Å². The number of nitrogens with one attached hydrogen (secondary N) is 2. The minimum atomic E-state index is -0.0817. The van der Waals surface area contributed by atoms with Gasteiger partial charge in [-0.1, -0.05) is 26.2 Å². The zero-order valence-corrected chi connectivity index (χ0v) is 12.8. The lowest BCUT2D eigenvalue weighted by Crippen LogP contribution is -2.23. The van der Waals surface area contributed by atoms with Crippen molar-refractivity contribution in [3.8, 4) is 0 Å². The normalized spacial score (nSPS) is 11.9. The highest BCUT2D eigenvalue weighted by atomic mass is 16.1. The molecular weight excluding hydrogens is 250 g/mol. The topological polar surface area (TPSA) is 67.2 Å². The quantitative estimate of drug-likeness (QED) is 0.504. The third-order valence-corrected chi connectivity index (χ3v) is 3.29. The first-order valence-electron chi connectivity index (χ1n) is 7.52. The van der Waals surface area contributed by atoms with Crippen LogP contribution in [0.25, 0.3) is 0 Å². The van der Waals surface area contributed by atoms with Gasteiger partial charge in [0.2, 0.25) is 0 Å². The molecule has 0 aromatic heterocycles. The van der Waals surface area contributed by atoms with Gasteiger partial charge in [0.05, 0.1) is 11.4 Å². The first-order chi connectivity index (χ1) is 9.58. The molecule has 0 aliphatic rings. The van der Waals surface area contributed by atoms with Crippen LogP contribution in [0.5, 0.6) is 0 Å². The van der Waals surface area contributed by atoms with Crippen molar-refractivity contribution in [2.24, 2.45) is 0 Å². The number of amides is 1. The van der Waals surface area contributed by atoms with Crippen molar-refractivity contribution in [3.63, 3.8) is 0 Å². The number of benzene rings is 1. The Bertz CT molecular complexity index is 432. The third-order valence-electron chi connectivity index (χ3n) is 3.29. The van der Waals surface area contributed by atoms with Crippen LogP contribution in [0, 0.1) is 0 Å². The number of carbonyl (C=O) groups excluding carboxylic acids is 1. The predicted molar refractivity (Wildman–Crippen MR) is 86.1 cm³/mol. The van der Waals surface area contributed by atoms with E-state index in [2.05, 4.69) is 24.5 Å². The van der Waals surface area contributed by atoms with Gasteiger partial charge in [-0.15, -0.1) is 0 Å². The van der Waals surface area contributed by atoms with Gasteiger partial charge in [-0.25, -0.2) is 0 Å². The second-order valence-corrected chi connectivity index (χ2v) is 5.20. The Morgan fingerprint density at radius 2 is 2.05 bits per heavy atom. The molecule has 0 bridgehead atoms. The van der Waals surface area contributed by atoms with Gasteiger partial charge in [-0.05, 0) is 38.5 Å². The van der Waals surface area contributed by atoms with Crippen LogP contribution < -0.4 is 16.4 Å². The Morgan fingerprint density at radius 3 is 2.65 bits per heavy atom. The molecule has 1 rings (SSSR count). The van der Waals surface area contributed by atoms with Gasteiger partial charge in [-0.3, -0.25) is 4.79 Å². The van der Waals surface area contributed by atoms with Crippen LogP contribution >= 0.6 is 0 Å². The maximum Gasteiger partial charge on any atom is 0.251 e. The van der Waals surface area contributed by atoms with Gasteiger partial charge in [-0.2, -0.15) is 0 Å². The molecule has 1 aromatic rings. The minimum absolute atomic E-state index is 0.0817. The lowest BCUT2D eigenvalue weighted by atomic mass is 10.1. The highest BCUT2D eigenvalue weighted by molar-refractivity contribution is 5.96. The Hall–Kier alpha value is -1.71. The lowest BCUT2D eigenvalue weighted by molar-refractivity contribution is 0.0956. The molecule has 1 amide bonds. The first-order valence-corrected chi connectivity index (χ1v) is 7.52. The number of carbonyl (C=O) groups is 1. The van der Waals surface area contributed by atoms with Crippen molar-refractivity contribution in [1.29, 1.82) is 0 Å². The van der Waals surface area contributed by atoms with E-state index in [4.69, 9.17) is 5.73 Å². The molecule has 4 N–H and O–H groups in total.